The maximum Gasteiger partial charge on any atom is -0.000441 e. The van der Waals surface area contributed by atoms with Gasteiger partial charge in [-0.2, -0.15) is 11.3 Å². The Kier molecular flexibility index (Phi) is 1.17. The molecule has 0 saturated carbocycles. The van der Waals surface area contributed by atoms with E-state index >= 15 is 0 Å². The van der Waals surface area contributed by atoms with Crippen molar-refractivity contribution in [2.24, 2.45) is 5.92 Å². The van der Waals surface area contributed by atoms with E-state index in [0.717, 1.165) is 5.92 Å². The Bertz CT molecular complexity index is 393. The van der Waals surface area contributed by atoms with Gasteiger partial charge in [-0.15, -0.1) is 0 Å². The van der Waals surface area contributed by atoms with Crippen LogP contribution >= 0.6 is 11.3 Å². The molecule has 0 aliphatic heterocycles. The molecule has 12 heavy (non-hydrogen) atoms. The van der Waals surface area contributed by atoms with Crippen molar-refractivity contribution >= 4 is 23.0 Å². The lowest BCUT2D eigenvalue weighted by atomic mass is 10.1. The minimum atomic E-state index is 0.749. The van der Waals surface area contributed by atoms with Crippen LogP contribution in [0.25, 0.3) is 11.6 Å². The van der Waals surface area contributed by atoms with Crippen LogP contribution in [0, 0.1) is 5.92 Å². The van der Waals surface area contributed by atoms with E-state index in [4.69, 9.17) is 0 Å². The zero-order valence-corrected chi connectivity index (χ0v) is 7.82. The molecule has 60 valence electrons. The van der Waals surface area contributed by atoms with Crippen molar-refractivity contribution in [2.45, 2.75) is 13.3 Å². The van der Waals surface area contributed by atoms with Gasteiger partial charge in [-0.1, -0.05) is 13.0 Å². The van der Waals surface area contributed by atoms with Gasteiger partial charge < -0.3 is 0 Å². The fourth-order valence-corrected chi connectivity index (χ4v) is 2.94. The summed E-state index contributed by atoms with van der Waals surface area (Å²) in [6.45, 7) is 2.29. The average molecular weight is 174 g/mol. The van der Waals surface area contributed by atoms with E-state index in [9.17, 15) is 0 Å². The number of fused-ring (bicyclic) bond motifs is 3. The summed E-state index contributed by atoms with van der Waals surface area (Å²) in [5.41, 5.74) is 5.98. The summed E-state index contributed by atoms with van der Waals surface area (Å²) < 4.78 is 0. The van der Waals surface area contributed by atoms with Gasteiger partial charge >= 0.3 is 0 Å². The van der Waals surface area contributed by atoms with E-state index in [0.29, 0.717) is 0 Å². The Hall–Kier alpha value is -0.820. The topological polar surface area (TPSA) is 0 Å². The van der Waals surface area contributed by atoms with E-state index in [2.05, 4.69) is 29.8 Å². The number of allylic oxidation sites excluding steroid dienone is 3. The summed E-state index contributed by atoms with van der Waals surface area (Å²) in [6.07, 6.45) is 6.00. The van der Waals surface area contributed by atoms with E-state index < -0.39 is 0 Å². The monoisotopic (exact) mass is 174 g/mol. The van der Waals surface area contributed by atoms with E-state index in [1.807, 2.05) is 0 Å². The molecule has 1 unspecified atom stereocenters. The van der Waals surface area contributed by atoms with Crippen LogP contribution in [0.15, 0.2) is 22.4 Å². The van der Waals surface area contributed by atoms with Gasteiger partial charge in [0.25, 0.3) is 0 Å². The van der Waals surface area contributed by atoms with Crippen molar-refractivity contribution in [1.82, 2.24) is 0 Å². The molecule has 0 aromatic carbocycles. The zero-order valence-electron chi connectivity index (χ0n) is 7.00. The highest BCUT2D eigenvalue weighted by Crippen LogP contribution is 2.45. The van der Waals surface area contributed by atoms with Gasteiger partial charge in [-0.25, -0.2) is 0 Å². The van der Waals surface area contributed by atoms with Crippen molar-refractivity contribution in [2.75, 3.05) is 0 Å². The molecule has 1 heterocycles. The predicted molar refractivity (Wildman–Crippen MR) is 54.1 cm³/mol. The molecule has 0 saturated heterocycles. The molecule has 0 bridgehead atoms. The molecule has 1 heteroatoms. The largest absolute Gasteiger partial charge is 0.151 e. The van der Waals surface area contributed by atoms with E-state index in [1.165, 1.54) is 23.1 Å². The van der Waals surface area contributed by atoms with Gasteiger partial charge in [-0.05, 0) is 51.4 Å². The third-order valence-corrected chi connectivity index (χ3v) is 3.41. The fraction of sp³-hybridized carbons (Fsp3) is 0.273. The summed E-state index contributed by atoms with van der Waals surface area (Å²) in [4.78, 5) is 0. The molecule has 0 radical (unpaired) electrons. The van der Waals surface area contributed by atoms with Crippen LogP contribution in [0.5, 0.6) is 0 Å². The first-order valence-corrected chi connectivity index (χ1v) is 5.28. The number of hydrogen-bond acceptors (Lipinski definition) is 1. The van der Waals surface area contributed by atoms with Crippen LogP contribution < -0.4 is 0 Å². The minimum Gasteiger partial charge on any atom is -0.151 e. The highest BCUT2D eigenvalue weighted by Gasteiger charge is 2.25. The summed E-state index contributed by atoms with van der Waals surface area (Å²) in [5.74, 6) is 0.749. The third-order valence-electron chi connectivity index (χ3n) is 2.65. The number of hydrogen-bond donors (Lipinski definition) is 0. The SMILES string of the molecule is CC1C=C2C(=Cc3cscc32)C1. The first-order valence-electron chi connectivity index (χ1n) is 4.34. The van der Waals surface area contributed by atoms with Gasteiger partial charge in [0.05, 0.1) is 0 Å². The second-order valence-corrected chi connectivity index (χ2v) is 4.42. The van der Waals surface area contributed by atoms with Crippen molar-refractivity contribution < 1.29 is 0 Å². The van der Waals surface area contributed by atoms with Crippen LogP contribution in [-0.2, 0) is 0 Å². The first-order chi connectivity index (χ1) is 5.84. The molecule has 3 rings (SSSR count). The van der Waals surface area contributed by atoms with Crippen molar-refractivity contribution in [3.05, 3.63) is 33.5 Å². The van der Waals surface area contributed by atoms with Crippen LogP contribution in [0.4, 0.5) is 0 Å². The van der Waals surface area contributed by atoms with Gasteiger partial charge in [0.1, 0.15) is 0 Å². The molecule has 0 amide bonds. The third kappa shape index (κ3) is 0.721. The quantitative estimate of drug-likeness (QED) is 0.564. The molecule has 0 nitrogen and oxygen atoms in total. The van der Waals surface area contributed by atoms with Crippen molar-refractivity contribution in [3.63, 3.8) is 0 Å². The first kappa shape index (κ1) is 6.67. The summed E-state index contributed by atoms with van der Waals surface area (Å²) in [7, 11) is 0. The van der Waals surface area contributed by atoms with E-state index in [1.54, 1.807) is 16.9 Å². The number of rotatable bonds is 0. The molecule has 1 aromatic heterocycles. The number of thiophene rings is 1. The van der Waals surface area contributed by atoms with Crippen LogP contribution in [0.2, 0.25) is 0 Å². The normalized spacial score (nSPS) is 24.9. The highest BCUT2D eigenvalue weighted by molar-refractivity contribution is 7.08. The Morgan fingerprint density at radius 1 is 1.42 bits per heavy atom. The molecule has 1 aromatic rings. The average Bonchev–Trinajstić information content (AvgIpc) is 2.59. The summed E-state index contributed by atoms with van der Waals surface area (Å²) in [5, 5.41) is 4.51. The van der Waals surface area contributed by atoms with E-state index in [-0.39, 0.29) is 0 Å². The van der Waals surface area contributed by atoms with Crippen LogP contribution in [-0.4, -0.2) is 0 Å². The molecule has 1 atom stereocenters. The maximum atomic E-state index is 2.41. The van der Waals surface area contributed by atoms with Crippen LogP contribution in [0.3, 0.4) is 0 Å². The fourth-order valence-electron chi connectivity index (χ4n) is 2.13. The molecule has 0 N–H and O–H groups in total. The molecular formula is C11H10S. The Labute approximate surface area is 76.2 Å². The molecular weight excluding hydrogens is 164 g/mol. The second-order valence-electron chi connectivity index (χ2n) is 3.67. The Morgan fingerprint density at radius 2 is 2.33 bits per heavy atom. The predicted octanol–water partition coefficient (Wildman–Crippen LogP) is 3.57. The lowest BCUT2D eigenvalue weighted by Crippen LogP contribution is -1.80. The van der Waals surface area contributed by atoms with Crippen LogP contribution in [0.1, 0.15) is 24.5 Å². The molecule has 0 fully saturated rings. The highest BCUT2D eigenvalue weighted by atomic mass is 32.1. The smallest absolute Gasteiger partial charge is 0.000441 e. The van der Waals surface area contributed by atoms with Crippen molar-refractivity contribution in [1.29, 1.82) is 0 Å². The summed E-state index contributed by atoms with van der Waals surface area (Å²) in [6, 6.07) is 0. The lowest BCUT2D eigenvalue weighted by Gasteiger charge is -1.94. The van der Waals surface area contributed by atoms with Crippen molar-refractivity contribution in [3.8, 4) is 0 Å². The molecule has 0 spiro atoms. The van der Waals surface area contributed by atoms with Gasteiger partial charge in [0.15, 0.2) is 0 Å². The lowest BCUT2D eigenvalue weighted by molar-refractivity contribution is 0.760. The maximum absolute atomic E-state index is 2.41. The van der Waals surface area contributed by atoms with Gasteiger partial charge in [0.2, 0.25) is 0 Å². The molecule has 2 aliphatic carbocycles. The standard InChI is InChI=1S/C11H10S/c1-7-2-8-4-9-5-12-6-11(9)10(8)3-7/h3-7H,2H2,1H3. The second kappa shape index (κ2) is 2.11. The minimum absolute atomic E-state index is 0.749. The van der Waals surface area contributed by atoms with Gasteiger partial charge in [-0.3, -0.25) is 0 Å². The Morgan fingerprint density at radius 3 is 3.25 bits per heavy atom. The molecule has 2 aliphatic rings. The summed E-state index contributed by atoms with van der Waals surface area (Å²) >= 11 is 1.81. The Balaban J connectivity index is 2.23. The van der Waals surface area contributed by atoms with Gasteiger partial charge in [0, 0.05) is 0 Å². The zero-order chi connectivity index (χ0) is 8.13.